The molecule has 6 heteroatoms. The van der Waals surface area contributed by atoms with Gasteiger partial charge in [0.1, 0.15) is 5.82 Å². The van der Waals surface area contributed by atoms with Gasteiger partial charge in [-0.2, -0.15) is 0 Å². The predicted molar refractivity (Wildman–Crippen MR) is 82.3 cm³/mol. The van der Waals surface area contributed by atoms with Crippen molar-refractivity contribution in [3.05, 3.63) is 11.6 Å². The minimum absolute atomic E-state index is 0.0458. The van der Waals surface area contributed by atoms with E-state index in [1.54, 1.807) is 0 Å². The van der Waals surface area contributed by atoms with Crippen molar-refractivity contribution in [2.75, 3.05) is 19.6 Å². The first-order valence-corrected chi connectivity index (χ1v) is 7.88. The minimum atomic E-state index is -0.129. The highest BCUT2D eigenvalue weighted by atomic mass is 16.2. The number of piperidine rings is 1. The first-order valence-electron chi connectivity index (χ1n) is 7.88. The predicted octanol–water partition coefficient (Wildman–Crippen LogP) is 1.71. The molecule has 1 aromatic rings. The molecule has 2 N–H and O–H groups in total. The Balaban J connectivity index is 2.15. The second-order valence-corrected chi connectivity index (χ2v) is 6.74. The number of nitrogens with one attached hydrogen (secondary N) is 2. The van der Waals surface area contributed by atoms with Crippen molar-refractivity contribution in [1.82, 2.24) is 25.4 Å². The van der Waals surface area contributed by atoms with Crippen LogP contribution in [0.4, 0.5) is 0 Å². The summed E-state index contributed by atoms with van der Waals surface area (Å²) < 4.78 is 0. The smallest absolute Gasteiger partial charge is 0.293 e. The van der Waals surface area contributed by atoms with Gasteiger partial charge in [-0.05, 0) is 32.4 Å². The molecule has 1 aliphatic heterocycles. The van der Waals surface area contributed by atoms with Crippen molar-refractivity contribution in [3.63, 3.8) is 0 Å². The van der Waals surface area contributed by atoms with Crippen molar-refractivity contribution in [2.24, 2.45) is 0 Å². The molecule has 0 aliphatic carbocycles. The van der Waals surface area contributed by atoms with Crippen LogP contribution in [0, 0.1) is 0 Å². The zero-order chi connectivity index (χ0) is 15.5. The van der Waals surface area contributed by atoms with Crippen molar-refractivity contribution < 1.29 is 4.79 Å². The van der Waals surface area contributed by atoms with E-state index in [9.17, 15) is 4.79 Å². The molecule has 118 valence electrons. The fraction of sp³-hybridized carbons (Fsp3) is 0.800. The molecule has 0 saturated carbocycles. The molecule has 1 fully saturated rings. The lowest BCUT2D eigenvalue weighted by Gasteiger charge is -2.33. The van der Waals surface area contributed by atoms with Gasteiger partial charge in [0.25, 0.3) is 5.91 Å². The third-order valence-electron chi connectivity index (χ3n) is 3.86. The highest BCUT2D eigenvalue weighted by molar-refractivity contribution is 5.90. The Hall–Kier alpha value is -1.43. The summed E-state index contributed by atoms with van der Waals surface area (Å²) >= 11 is 0. The molecule has 0 atom stereocenters. The molecule has 1 saturated heterocycles. The van der Waals surface area contributed by atoms with Crippen LogP contribution in [0.25, 0.3) is 0 Å². The van der Waals surface area contributed by atoms with E-state index in [1.807, 2.05) is 4.90 Å². The summed E-state index contributed by atoms with van der Waals surface area (Å²) in [6.07, 6.45) is 2.96. The SMILES string of the molecule is CCCN(C(=O)c1n[nH]c(C(C)(C)C)n1)C1CCNCC1. The molecule has 1 amide bonds. The molecule has 1 aromatic heterocycles. The van der Waals surface area contributed by atoms with Crippen molar-refractivity contribution in [3.8, 4) is 0 Å². The van der Waals surface area contributed by atoms with Crippen LogP contribution in [-0.2, 0) is 5.41 Å². The van der Waals surface area contributed by atoms with E-state index in [0.717, 1.165) is 44.7 Å². The van der Waals surface area contributed by atoms with Crippen LogP contribution in [0.15, 0.2) is 0 Å². The van der Waals surface area contributed by atoms with Crippen LogP contribution in [-0.4, -0.2) is 51.7 Å². The molecule has 0 spiro atoms. The third kappa shape index (κ3) is 3.81. The summed E-state index contributed by atoms with van der Waals surface area (Å²) in [6, 6.07) is 0.301. The number of nitrogens with zero attached hydrogens (tertiary/aromatic N) is 3. The number of hydrogen-bond donors (Lipinski definition) is 2. The van der Waals surface area contributed by atoms with E-state index < -0.39 is 0 Å². The standard InChI is InChI=1S/C15H27N5O/c1-5-10-20(11-6-8-16-9-7-11)13(21)12-17-14(19-18-12)15(2,3)4/h11,16H,5-10H2,1-4H3,(H,17,18,19). The van der Waals surface area contributed by atoms with Gasteiger partial charge in [-0.1, -0.05) is 27.7 Å². The lowest BCUT2D eigenvalue weighted by atomic mass is 9.96. The number of rotatable bonds is 4. The van der Waals surface area contributed by atoms with E-state index in [2.05, 4.69) is 48.2 Å². The summed E-state index contributed by atoms with van der Waals surface area (Å²) in [5, 5.41) is 10.4. The fourth-order valence-electron chi connectivity index (χ4n) is 2.63. The Morgan fingerprint density at radius 3 is 2.52 bits per heavy atom. The summed E-state index contributed by atoms with van der Waals surface area (Å²) in [6.45, 7) is 11.0. The number of amides is 1. The summed E-state index contributed by atoms with van der Waals surface area (Å²) in [5.41, 5.74) is -0.129. The first-order chi connectivity index (χ1) is 9.93. The van der Waals surface area contributed by atoms with Crippen LogP contribution in [0.3, 0.4) is 0 Å². The van der Waals surface area contributed by atoms with Gasteiger partial charge in [0.2, 0.25) is 5.82 Å². The van der Waals surface area contributed by atoms with Crippen LogP contribution in [0.2, 0.25) is 0 Å². The maximum atomic E-state index is 12.7. The van der Waals surface area contributed by atoms with Gasteiger partial charge < -0.3 is 10.2 Å². The molecule has 6 nitrogen and oxygen atoms in total. The lowest BCUT2D eigenvalue weighted by molar-refractivity contribution is 0.0630. The first kappa shape index (κ1) is 15.9. The van der Waals surface area contributed by atoms with Crippen molar-refractivity contribution in [1.29, 1.82) is 0 Å². The molecule has 2 heterocycles. The zero-order valence-electron chi connectivity index (χ0n) is 13.6. The molecule has 0 bridgehead atoms. The molecular weight excluding hydrogens is 266 g/mol. The third-order valence-corrected chi connectivity index (χ3v) is 3.86. The fourth-order valence-corrected chi connectivity index (χ4v) is 2.63. The Morgan fingerprint density at radius 2 is 2.00 bits per heavy atom. The molecule has 0 unspecified atom stereocenters. The number of carbonyl (C=O) groups is 1. The molecular formula is C15H27N5O. The van der Waals surface area contributed by atoms with Gasteiger partial charge in [-0.15, -0.1) is 5.10 Å². The summed E-state index contributed by atoms with van der Waals surface area (Å²) in [4.78, 5) is 19.1. The summed E-state index contributed by atoms with van der Waals surface area (Å²) in [5.74, 6) is 1.01. The van der Waals surface area contributed by atoms with Gasteiger partial charge in [0.15, 0.2) is 0 Å². The molecule has 21 heavy (non-hydrogen) atoms. The second kappa shape index (κ2) is 6.56. The van der Waals surface area contributed by atoms with Gasteiger partial charge in [-0.3, -0.25) is 9.89 Å². The van der Waals surface area contributed by atoms with E-state index in [4.69, 9.17) is 0 Å². The molecule has 0 radical (unpaired) electrons. The summed E-state index contributed by atoms with van der Waals surface area (Å²) in [7, 11) is 0. The van der Waals surface area contributed by atoms with Crippen molar-refractivity contribution >= 4 is 5.91 Å². The van der Waals surface area contributed by atoms with E-state index in [-0.39, 0.29) is 11.3 Å². The number of H-pyrrole nitrogens is 1. The van der Waals surface area contributed by atoms with Gasteiger partial charge in [0, 0.05) is 18.0 Å². The second-order valence-electron chi connectivity index (χ2n) is 6.74. The molecule has 1 aliphatic rings. The molecule has 0 aromatic carbocycles. The van der Waals surface area contributed by atoms with Crippen LogP contribution in [0.1, 0.15) is 63.4 Å². The van der Waals surface area contributed by atoms with E-state index in [0.29, 0.717) is 11.9 Å². The Bertz CT molecular complexity index is 471. The maximum absolute atomic E-state index is 12.7. The van der Waals surface area contributed by atoms with Crippen LogP contribution >= 0.6 is 0 Å². The van der Waals surface area contributed by atoms with Gasteiger partial charge in [-0.25, -0.2) is 4.98 Å². The zero-order valence-corrected chi connectivity index (χ0v) is 13.6. The van der Waals surface area contributed by atoms with Crippen molar-refractivity contribution in [2.45, 2.75) is 58.4 Å². The van der Waals surface area contributed by atoms with Gasteiger partial charge >= 0.3 is 0 Å². The number of aromatic nitrogens is 3. The lowest BCUT2D eigenvalue weighted by Crippen LogP contribution is -2.46. The van der Waals surface area contributed by atoms with E-state index in [1.165, 1.54) is 0 Å². The van der Waals surface area contributed by atoms with Gasteiger partial charge in [0.05, 0.1) is 0 Å². The monoisotopic (exact) mass is 293 g/mol. The molecule has 2 rings (SSSR count). The number of carbonyl (C=O) groups excluding carboxylic acids is 1. The van der Waals surface area contributed by atoms with Crippen LogP contribution in [0.5, 0.6) is 0 Å². The largest absolute Gasteiger partial charge is 0.333 e. The van der Waals surface area contributed by atoms with E-state index >= 15 is 0 Å². The average Bonchev–Trinajstić information content (AvgIpc) is 2.95. The normalized spacial score (nSPS) is 17.0. The minimum Gasteiger partial charge on any atom is -0.333 e. The Kier molecular flexibility index (Phi) is 4.98. The highest BCUT2D eigenvalue weighted by Crippen LogP contribution is 2.19. The highest BCUT2D eigenvalue weighted by Gasteiger charge is 2.29. The Morgan fingerprint density at radius 1 is 1.33 bits per heavy atom. The van der Waals surface area contributed by atoms with Crippen LogP contribution < -0.4 is 5.32 Å². The number of aromatic amines is 1. The Labute approximate surface area is 126 Å². The topological polar surface area (TPSA) is 73.9 Å². The average molecular weight is 293 g/mol. The maximum Gasteiger partial charge on any atom is 0.293 e. The quantitative estimate of drug-likeness (QED) is 0.886. The number of hydrogen-bond acceptors (Lipinski definition) is 4.